The van der Waals surface area contributed by atoms with Crippen LogP contribution in [0.5, 0.6) is 5.75 Å². The summed E-state index contributed by atoms with van der Waals surface area (Å²) in [5.74, 6) is -0.291. The van der Waals surface area contributed by atoms with E-state index in [1.165, 1.54) is 12.1 Å². The van der Waals surface area contributed by atoms with E-state index < -0.39 is 5.82 Å². The maximum absolute atomic E-state index is 13.6. The second kappa shape index (κ2) is 5.85. The third-order valence-corrected chi connectivity index (χ3v) is 4.13. The van der Waals surface area contributed by atoms with Gasteiger partial charge in [0.2, 0.25) is 0 Å². The van der Waals surface area contributed by atoms with Crippen molar-refractivity contribution in [3.8, 4) is 5.75 Å². The molecule has 108 valence electrons. The summed E-state index contributed by atoms with van der Waals surface area (Å²) < 4.78 is 19.3. The number of benzene rings is 2. The molecule has 0 unspecified atom stereocenters. The fourth-order valence-corrected chi connectivity index (χ4v) is 2.79. The quantitative estimate of drug-likeness (QED) is 0.828. The molecule has 0 saturated carbocycles. The number of amides is 1. The van der Waals surface area contributed by atoms with Gasteiger partial charge in [-0.1, -0.05) is 30.3 Å². The van der Waals surface area contributed by atoms with Gasteiger partial charge in [0.25, 0.3) is 5.91 Å². The Balaban J connectivity index is 1.92. The Kier molecular flexibility index (Phi) is 3.92. The fraction of sp³-hybridized carbons (Fsp3) is 0.188. The summed E-state index contributed by atoms with van der Waals surface area (Å²) in [6, 6.07) is 12.5. The van der Waals surface area contributed by atoms with Crippen LogP contribution >= 0.6 is 15.9 Å². The molecule has 0 aromatic heterocycles. The molecular formula is C16H13BrFNO2. The molecule has 0 fully saturated rings. The molecule has 0 atom stereocenters. The minimum absolute atomic E-state index is 0.146. The summed E-state index contributed by atoms with van der Waals surface area (Å²) in [5.41, 5.74) is 1.44. The Labute approximate surface area is 130 Å². The number of fused-ring (bicyclic) bond motifs is 1. The van der Waals surface area contributed by atoms with Crippen LogP contribution in [0.2, 0.25) is 0 Å². The number of carbonyl (C=O) groups is 1. The van der Waals surface area contributed by atoms with Crippen molar-refractivity contribution >= 4 is 21.8 Å². The van der Waals surface area contributed by atoms with E-state index in [0.29, 0.717) is 25.3 Å². The van der Waals surface area contributed by atoms with Crippen LogP contribution in [0.25, 0.3) is 0 Å². The van der Waals surface area contributed by atoms with Gasteiger partial charge in [-0.2, -0.15) is 0 Å². The summed E-state index contributed by atoms with van der Waals surface area (Å²) in [7, 11) is 0. The molecule has 21 heavy (non-hydrogen) atoms. The first-order valence-electron chi connectivity index (χ1n) is 6.61. The lowest BCUT2D eigenvalue weighted by atomic mass is 10.1. The Morgan fingerprint density at radius 3 is 2.71 bits per heavy atom. The Bertz CT molecular complexity index is 675. The molecule has 0 aliphatic carbocycles. The van der Waals surface area contributed by atoms with E-state index in [1.54, 1.807) is 4.90 Å². The Morgan fingerprint density at radius 2 is 1.95 bits per heavy atom. The van der Waals surface area contributed by atoms with Crippen LogP contribution in [0.1, 0.15) is 15.9 Å². The monoisotopic (exact) mass is 349 g/mol. The summed E-state index contributed by atoms with van der Waals surface area (Å²) in [6.45, 7) is 1.32. The number of carbonyl (C=O) groups excluding carboxylic acids is 1. The van der Waals surface area contributed by atoms with Gasteiger partial charge >= 0.3 is 0 Å². The number of nitrogens with zero attached hydrogens (tertiary/aromatic N) is 1. The van der Waals surface area contributed by atoms with Crippen molar-refractivity contribution in [2.24, 2.45) is 0 Å². The number of ether oxygens (including phenoxy) is 1. The largest absolute Gasteiger partial charge is 0.490 e. The SMILES string of the molecule is O=C1c2ccc(F)c(Br)c2OCCN1Cc1ccccc1. The van der Waals surface area contributed by atoms with Crippen molar-refractivity contribution in [2.45, 2.75) is 6.54 Å². The van der Waals surface area contributed by atoms with E-state index in [1.807, 2.05) is 30.3 Å². The van der Waals surface area contributed by atoms with Gasteiger partial charge in [0.05, 0.1) is 16.6 Å². The molecule has 1 heterocycles. The van der Waals surface area contributed by atoms with Crippen LogP contribution in [0.3, 0.4) is 0 Å². The topological polar surface area (TPSA) is 29.5 Å². The molecule has 0 N–H and O–H groups in total. The molecule has 0 radical (unpaired) electrons. The van der Waals surface area contributed by atoms with Crippen molar-refractivity contribution in [2.75, 3.05) is 13.2 Å². The number of rotatable bonds is 2. The highest BCUT2D eigenvalue weighted by Crippen LogP contribution is 2.34. The maximum Gasteiger partial charge on any atom is 0.258 e. The Morgan fingerprint density at radius 1 is 1.19 bits per heavy atom. The smallest absolute Gasteiger partial charge is 0.258 e. The molecule has 3 nitrogen and oxygen atoms in total. The molecule has 0 bridgehead atoms. The van der Waals surface area contributed by atoms with Crippen LogP contribution in [0, 0.1) is 5.82 Å². The molecule has 0 saturated heterocycles. The molecule has 2 aromatic carbocycles. The van der Waals surface area contributed by atoms with Crippen LogP contribution in [-0.4, -0.2) is 24.0 Å². The predicted octanol–water partition coefficient (Wildman–Crippen LogP) is 3.62. The van der Waals surface area contributed by atoms with Crippen molar-refractivity contribution < 1.29 is 13.9 Å². The lowest BCUT2D eigenvalue weighted by Gasteiger charge is -2.20. The minimum atomic E-state index is -0.432. The van der Waals surface area contributed by atoms with Gasteiger partial charge in [0, 0.05) is 6.54 Å². The second-order valence-electron chi connectivity index (χ2n) is 4.80. The van der Waals surface area contributed by atoms with E-state index in [-0.39, 0.29) is 16.1 Å². The number of halogens is 2. The summed E-state index contributed by atoms with van der Waals surface area (Å²) in [6.07, 6.45) is 0. The molecule has 2 aromatic rings. The first-order valence-corrected chi connectivity index (χ1v) is 7.40. The van der Waals surface area contributed by atoms with Crippen molar-refractivity contribution in [3.05, 3.63) is 63.9 Å². The van der Waals surface area contributed by atoms with Gasteiger partial charge < -0.3 is 9.64 Å². The zero-order chi connectivity index (χ0) is 14.8. The first-order chi connectivity index (χ1) is 10.2. The van der Waals surface area contributed by atoms with Crippen molar-refractivity contribution in [1.29, 1.82) is 0 Å². The third kappa shape index (κ3) is 2.78. The zero-order valence-electron chi connectivity index (χ0n) is 11.2. The standard InChI is InChI=1S/C16H13BrFNO2/c17-14-13(18)7-6-12-15(14)21-9-8-19(16(12)20)10-11-4-2-1-3-5-11/h1-7H,8-10H2. The van der Waals surface area contributed by atoms with Crippen LogP contribution in [-0.2, 0) is 6.54 Å². The average Bonchev–Trinajstić information content (AvgIpc) is 2.65. The Hall–Kier alpha value is -1.88. The maximum atomic E-state index is 13.6. The summed E-state index contributed by atoms with van der Waals surface area (Å²) >= 11 is 3.14. The number of hydrogen-bond donors (Lipinski definition) is 0. The molecule has 1 aliphatic heterocycles. The first kappa shape index (κ1) is 14.1. The summed E-state index contributed by atoms with van der Waals surface area (Å²) in [5, 5.41) is 0. The molecule has 1 aliphatic rings. The van der Waals surface area contributed by atoms with Crippen LogP contribution in [0.15, 0.2) is 46.9 Å². The van der Waals surface area contributed by atoms with E-state index >= 15 is 0 Å². The lowest BCUT2D eigenvalue weighted by molar-refractivity contribution is 0.0743. The van der Waals surface area contributed by atoms with Gasteiger partial charge in [0.1, 0.15) is 18.2 Å². The van der Waals surface area contributed by atoms with Crippen molar-refractivity contribution in [1.82, 2.24) is 4.90 Å². The van der Waals surface area contributed by atoms with E-state index in [4.69, 9.17) is 4.74 Å². The lowest BCUT2D eigenvalue weighted by Crippen LogP contribution is -2.31. The van der Waals surface area contributed by atoms with Gasteiger partial charge in [-0.3, -0.25) is 4.79 Å². The third-order valence-electron chi connectivity index (χ3n) is 3.39. The second-order valence-corrected chi connectivity index (χ2v) is 5.59. The highest BCUT2D eigenvalue weighted by molar-refractivity contribution is 9.10. The fourth-order valence-electron chi connectivity index (χ4n) is 2.33. The molecule has 1 amide bonds. The minimum Gasteiger partial charge on any atom is -0.490 e. The van der Waals surface area contributed by atoms with Gasteiger partial charge in [-0.25, -0.2) is 4.39 Å². The molecule has 0 spiro atoms. The highest BCUT2D eigenvalue weighted by Gasteiger charge is 2.26. The summed E-state index contributed by atoms with van der Waals surface area (Å²) in [4.78, 5) is 14.3. The van der Waals surface area contributed by atoms with Gasteiger partial charge in [-0.05, 0) is 33.6 Å². The molecular weight excluding hydrogens is 337 g/mol. The van der Waals surface area contributed by atoms with E-state index in [2.05, 4.69) is 15.9 Å². The van der Waals surface area contributed by atoms with E-state index in [0.717, 1.165) is 5.56 Å². The van der Waals surface area contributed by atoms with Gasteiger partial charge in [0.15, 0.2) is 0 Å². The molecule has 3 rings (SSSR count). The van der Waals surface area contributed by atoms with Gasteiger partial charge in [-0.15, -0.1) is 0 Å². The van der Waals surface area contributed by atoms with Crippen LogP contribution in [0.4, 0.5) is 4.39 Å². The van der Waals surface area contributed by atoms with Crippen LogP contribution < -0.4 is 4.74 Å². The highest BCUT2D eigenvalue weighted by atomic mass is 79.9. The average molecular weight is 350 g/mol. The molecule has 5 heteroatoms. The normalized spacial score (nSPS) is 14.4. The zero-order valence-corrected chi connectivity index (χ0v) is 12.8. The van der Waals surface area contributed by atoms with E-state index in [9.17, 15) is 9.18 Å². The number of hydrogen-bond acceptors (Lipinski definition) is 2. The van der Waals surface area contributed by atoms with Crippen molar-refractivity contribution in [3.63, 3.8) is 0 Å². The predicted molar refractivity (Wildman–Crippen MR) is 80.8 cm³/mol.